The first-order valence-corrected chi connectivity index (χ1v) is 14.6. The Morgan fingerprint density at radius 3 is 1.56 bits per heavy atom. The summed E-state index contributed by atoms with van der Waals surface area (Å²) in [5.41, 5.74) is 0. The fourth-order valence-corrected chi connectivity index (χ4v) is 4.59. The Morgan fingerprint density at radius 2 is 1.14 bits per heavy atom. The molecule has 0 aromatic rings. The molecule has 0 aliphatic carbocycles. The largest absolute Gasteiger partial charge is 0.454 e. The number of unbranched alkanes of at least 4 members (excludes halogenated alkanes) is 16. The topological polar surface area (TPSA) is 126 Å². The zero-order chi connectivity index (χ0) is 26.4. The number of rotatable bonds is 24. The average Bonchev–Trinajstić information content (AvgIpc) is 3.42. The number of esters is 1. The minimum Gasteiger partial charge on any atom is -0.454 e. The van der Waals surface area contributed by atoms with Gasteiger partial charge in [-0.05, 0) is 6.42 Å². The third kappa shape index (κ3) is 15.5. The number of carbonyl (C=O) groups excluding carboxylic acids is 1. The van der Waals surface area contributed by atoms with Crippen LogP contribution in [0, 0.1) is 0 Å². The van der Waals surface area contributed by atoms with Crippen molar-refractivity contribution in [1.82, 2.24) is 0 Å². The van der Waals surface area contributed by atoms with Crippen molar-refractivity contribution < 1.29 is 39.4 Å². The van der Waals surface area contributed by atoms with Crippen molar-refractivity contribution in [2.75, 3.05) is 19.8 Å². The minimum absolute atomic E-state index is 0.202. The zero-order valence-electron chi connectivity index (χ0n) is 22.7. The van der Waals surface area contributed by atoms with Crippen LogP contribution in [0.25, 0.3) is 0 Å². The van der Waals surface area contributed by atoms with Crippen LogP contribution in [0.15, 0.2) is 0 Å². The van der Waals surface area contributed by atoms with Gasteiger partial charge in [0.2, 0.25) is 0 Å². The van der Waals surface area contributed by atoms with Crippen LogP contribution in [0.2, 0.25) is 0 Å². The maximum atomic E-state index is 12.3. The van der Waals surface area contributed by atoms with Crippen molar-refractivity contribution in [2.45, 2.75) is 153 Å². The van der Waals surface area contributed by atoms with E-state index in [-0.39, 0.29) is 19.6 Å². The number of hydrogen-bond donors (Lipinski definition) is 4. The van der Waals surface area contributed by atoms with Crippen molar-refractivity contribution in [1.29, 1.82) is 0 Å². The van der Waals surface area contributed by atoms with Gasteiger partial charge in [0.15, 0.2) is 12.4 Å². The smallest absolute Gasteiger partial charge is 0.306 e. The Bertz CT molecular complexity index is 512. The molecule has 1 aliphatic heterocycles. The molecule has 4 N–H and O–H groups in total. The van der Waals surface area contributed by atoms with Crippen LogP contribution in [0.4, 0.5) is 0 Å². The Hall–Kier alpha value is -0.770. The van der Waals surface area contributed by atoms with E-state index < -0.39 is 43.3 Å². The molecule has 0 spiro atoms. The second kappa shape index (κ2) is 22.2. The highest BCUT2D eigenvalue weighted by atomic mass is 16.7. The maximum Gasteiger partial charge on any atom is 0.306 e. The molecule has 0 unspecified atom stereocenters. The molecule has 0 amide bonds. The molecule has 1 aliphatic rings. The molecule has 8 nitrogen and oxygen atoms in total. The number of hydrogen-bond acceptors (Lipinski definition) is 8. The number of aliphatic hydroxyl groups excluding tert-OH is 4. The summed E-state index contributed by atoms with van der Waals surface area (Å²) in [6, 6.07) is 0. The molecule has 36 heavy (non-hydrogen) atoms. The molecule has 0 aromatic heterocycles. The van der Waals surface area contributed by atoms with Gasteiger partial charge in [-0.2, -0.15) is 0 Å². The molecule has 1 fully saturated rings. The van der Waals surface area contributed by atoms with E-state index in [4.69, 9.17) is 19.3 Å². The second-order valence-corrected chi connectivity index (χ2v) is 10.2. The molecule has 0 aromatic carbocycles. The van der Waals surface area contributed by atoms with Crippen LogP contribution in [0.3, 0.4) is 0 Å². The summed E-state index contributed by atoms with van der Waals surface area (Å²) in [4.78, 5) is 12.3. The van der Waals surface area contributed by atoms with Crippen LogP contribution >= 0.6 is 0 Å². The van der Waals surface area contributed by atoms with Crippen LogP contribution < -0.4 is 0 Å². The Balaban J connectivity index is 2.03. The lowest BCUT2D eigenvalue weighted by Gasteiger charge is -2.31. The Labute approximate surface area is 218 Å². The first-order chi connectivity index (χ1) is 17.5. The lowest BCUT2D eigenvalue weighted by atomic mass is 10.0. The SMILES string of the molecule is CCCCCCCCCCCCCCCCCCCC(=O)O[C@H](C1OCCO1)[C@@H](O)[C@H](O)[C@H](O)CO. The summed E-state index contributed by atoms with van der Waals surface area (Å²) in [5.74, 6) is -0.509. The quantitative estimate of drug-likeness (QED) is 0.110. The van der Waals surface area contributed by atoms with E-state index in [0.717, 1.165) is 12.8 Å². The molecule has 1 heterocycles. The monoisotopic (exact) mass is 518 g/mol. The fraction of sp³-hybridized carbons (Fsp3) is 0.964. The summed E-state index contributed by atoms with van der Waals surface area (Å²) < 4.78 is 16.0. The van der Waals surface area contributed by atoms with Crippen LogP contribution in [0.1, 0.15) is 122 Å². The van der Waals surface area contributed by atoms with E-state index in [1.165, 1.54) is 89.9 Å². The maximum absolute atomic E-state index is 12.3. The highest BCUT2D eigenvalue weighted by Crippen LogP contribution is 2.20. The zero-order valence-corrected chi connectivity index (χ0v) is 22.7. The van der Waals surface area contributed by atoms with Gasteiger partial charge in [0, 0.05) is 6.42 Å². The average molecular weight is 519 g/mol. The predicted octanol–water partition coefficient (Wildman–Crippen LogP) is 4.39. The molecule has 1 rings (SSSR count). The summed E-state index contributed by atoms with van der Waals surface area (Å²) >= 11 is 0. The molecule has 4 atom stereocenters. The van der Waals surface area contributed by atoms with Crippen molar-refractivity contribution >= 4 is 5.97 Å². The molecule has 0 saturated carbocycles. The lowest BCUT2D eigenvalue weighted by molar-refractivity contribution is -0.210. The normalized spacial score (nSPS) is 17.7. The first-order valence-electron chi connectivity index (χ1n) is 14.6. The third-order valence-electron chi connectivity index (χ3n) is 6.94. The molecule has 214 valence electrons. The van der Waals surface area contributed by atoms with Crippen LogP contribution in [-0.4, -0.2) is 76.9 Å². The van der Waals surface area contributed by atoms with E-state index in [9.17, 15) is 20.1 Å². The number of ether oxygens (including phenoxy) is 3. The van der Waals surface area contributed by atoms with Gasteiger partial charge in [0.25, 0.3) is 0 Å². The van der Waals surface area contributed by atoms with Gasteiger partial charge in [-0.1, -0.05) is 110 Å². The van der Waals surface area contributed by atoms with Gasteiger partial charge < -0.3 is 34.6 Å². The standard InChI is InChI=1S/C28H54O8/c1-2-3-4-5-6-7-8-9-10-11-12-13-14-15-16-17-18-19-24(31)36-27(28-34-20-21-35-28)26(33)25(32)23(30)22-29/h23,25-30,32-33H,2-22H2,1H3/t23-,25-,26+,27+/m1/s1. The van der Waals surface area contributed by atoms with Gasteiger partial charge in [0.1, 0.15) is 18.3 Å². The summed E-state index contributed by atoms with van der Waals surface area (Å²) in [6.45, 7) is 2.09. The van der Waals surface area contributed by atoms with Crippen LogP contribution in [0.5, 0.6) is 0 Å². The summed E-state index contributed by atoms with van der Waals surface area (Å²) in [6.07, 6.45) is 14.5. The third-order valence-corrected chi connectivity index (χ3v) is 6.94. The molecule has 8 heteroatoms. The van der Waals surface area contributed by atoms with Gasteiger partial charge in [-0.25, -0.2) is 0 Å². The second-order valence-electron chi connectivity index (χ2n) is 10.2. The fourth-order valence-electron chi connectivity index (χ4n) is 4.59. The van der Waals surface area contributed by atoms with Crippen LogP contribution in [-0.2, 0) is 19.0 Å². The van der Waals surface area contributed by atoms with E-state index in [1.807, 2.05) is 0 Å². The van der Waals surface area contributed by atoms with Crippen molar-refractivity contribution in [3.8, 4) is 0 Å². The molecule has 1 saturated heterocycles. The van der Waals surface area contributed by atoms with Crippen molar-refractivity contribution in [3.05, 3.63) is 0 Å². The molecule has 0 bridgehead atoms. The highest BCUT2D eigenvalue weighted by Gasteiger charge is 2.41. The predicted molar refractivity (Wildman–Crippen MR) is 139 cm³/mol. The van der Waals surface area contributed by atoms with Gasteiger partial charge in [0.05, 0.1) is 19.8 Å². The minimum atomic E-state index is -1.69. The van der Waals surface area contributed by atoms with Gasteiger partial charge >= 0.3 is 5.97 Å². The molecule has 0 radical (unpaired) electrons. The van der Waals surface area contributed by atoms with Crippen molar-refractivity contribution in [3.63, 3.8) is 0 Å². The van der Waals surface area contributed by atoms with E-state index in [1.54, 1.807) is 0 Å². The Morgan fingerprint density at radius 1 is 0.722 bits per heavy atom. The summed E-state index contributed by atoms with van der Waals surface area (Å²) in [7, 11) is 0. The van der Waals surface area contributed by atoms with Gasteiger partial charge in [-0.3, -0.25) is 4.79 Å². The Kier molecular flexibility index (Phi) is 20.5. The molecular formula is C28H54O8. The van der Waals surface area contributed by atoms with Crippen molar-refractivity contribution in [2.24, 2.45) is 0 Å². The first kappa shape index (κ1) is 33.3. The van der Waals surface area contributed by atoms with E-state index >= 15 is 0 Å². The number of aliphatic hydroxyl groups is 4. The summed E-state index contributed by atoms with van der Waals surface area (Å²) in [5, 5.41) is 39.0. The number of carbonyl (C=O) groups is 1. The molecular weight excluding hydrogens is 464 g/mol. The van der Waals surface area contributed by atoms with Gasteiger partial charge in [-0.15, -0.1) is 0 Å². The highest BCUT2D eigenvalue weighted by molar-refractivity contribution is 5.69. The van der Waals surface area contributed by atoms with E-state index in [0.29, 0.717) is 6.42 Å². The van der Waals surface area contributed by atoms with E-state index in [2.05, 4.69) is 6.92 Å². The lowest BCUT2D eigenvalue weighted by Crippen LogP contribution is -2.52.